The molecule has 30 heavy (non-hydrogen) atoms. The van der Waals surface area contributed by atoms with Crippen LogP contribution in [-0.2, 0) is 9.59 Å². The molecule has 10 nitrogen and oxygen atoms in total. The van der Waals surface area contributed by atoms with E-state index in [0.717, 1.165) is 6.08 Å². The van der Waals surface area contributed by atoms with E-state index in [1.807, 2.05) is 0 Å². The van der Waals surface area contributed by atoms with Gasteiger partial charge in [0, 0.05) is 40.8 Å². The summed E-state index contributed by atoms with van der Waals surface area (Å²) >= 11 is 0. The van der Waals surface area contributed by atoms with Crippen molar-refractivity contribution in [1.82, 2.24) is 0 Å². The number of fused-ring (bicyclic) bond motifs is 1. The molecule has 0 aliphatic heterocycles. The number of Topliss-reactive ketones (excluding diaryl/α,β-unsaturated/α-hetero) is 2. The Balaban J connectivity index is 2.07. The number of aliphatic hydroxyl groups is 4. The Morgan fingerprint density at radius 2 is 1.30 bits per heavy atom. The van der Waals surface area contributed by atoms with Crippen molar-refractivity contribution in [3.05, 3.63) is 69.4 Å². The van der Waals surface area contributed by atoms with Crippen LogP contribution in [0.5, 0.6) is 11.5 Å². The largest absolute Gasteiger partial charge is 0.507 e. The number of benzene rings is 1. The Hall–Kier alpha value is -4.18. The van der Waals surface area contributed by atoms with Gasteiger partial charge in [0.25, 0.3) is 0 Å². The molecular weight excluding hydrogens is 400 g/mol. The molecule has 3 aliphatic carbocycles. The van der Waals surface area contributed by atoms with Gasteiger partial charge in [-0.25, -0.2) is 0 Å². The Morgan fingerprint density at radius 3 is 1.97 bits per heavy atom. The second-order valence-corrected chi connectivity index (χ2v) is 6.83. The van der Waals surface area contributed by atoms with Crippen molar-refractivity contribution >= 4 is 23.1 Å². The number of ketones is 4. The van der Waals surface area contributed by atoms with Crippen LogP contribution in [0.3, 0.4) is 0 Å². The summed E-state index contributed by atoms with van der Waals surface area (Å²) in [5, 5.41) is 60.5. The van der Waals surface area contributed by atoms with E-state index in [1.54, 1.807) is 0 Å². The third-order valence-electron chi connectivity index (χ3n) is 5.11. The fourth-order valence-electron chi connectivity index (χ4n) is 3.89. The molecule has 152 valence electrons. The van der Waals surface area contributed by atoms with Crippen LogP contribution in [0.1, 0.15) is 32.2 Å². The fraction of sp³-hybridized carbons (Fsp3) is 0.100. The lowest BCUT2D eigenvalue weighted by Crippen LogP contribution is -2.34. The third kappa shape index (κ3) is 2.40. The highest BCUT2D eigenvalue weighted by Crippen LogP contribution is 2.47. The summed E-state index contributed by atoms with van der Waals surface area (Å²) in [5.41, 5.74) is -2.87. The van der Waals surface area contributed by atoms with Crippen LogP contribution in [0.4, 0.5) is 0 Å². The summed E-state index contributed by atoms with van der Waals surface area (Å²) in [6.07, 6.45) is 0.136. The van der Waals surface area contributed by atoms with Crippen LogP contribution in [-0.4, -0.2) is 59.9 Å². The van der Waals surface area contributed by atoms with Crippen molar-refractivity contribution in [3.8, 4) is 11.5 Å². The second-order valence-electron chi connectivity index (χ2n) is 6.83. The Labute approximate surface area is 166 Å². The standard InChI is InChI=1S/C20H12O10/c21-5-1-9(25)17-15(7(23)3-11(27)19(17)29)13(5)14-6(22)2-10(26)18-16(14)8(24)4-12(28)20(18)30/h1-5,13,21-22,25-28H/t5?,13-/m1/s1. The number of allylic oxidation sites excluding steroid dienone is 5. The molecule has 0 bridgehead atoms. The van der Waals surface area contributed by atoms with E-state index < -0.39 is 91.8 Å². The van der Waals surface area contributed by atoms with Crippen molar-refractivity contribution in [2.24, 2.45) is 0 Å². The predicted octanol–water partition coefficient (Wildman–Crippen LogP) is 0.709. The molecule has 0 saturated heterocycles. The molecule has 0 aromatic heterocycles. The van der Waals surface area contributed by atoms with Crippen LogP contribution >= 0.6 is 0 Å². The molecule has 0 saturated carbocycles. The maximum absolute atomic E-state index is 12.6. The van der Waals surface area contributed by atoms with Gasteiger partial charge in [-0.2, -0.15) is 0 Å². The number of hydrogen-bond donors (Lipinski definition) is 6. The van der Waals surface area contributed by atoms with Gasteiger partial charge >= 0.3 is 0 Å². The lowest BCUT2D eigenvalue weighted by molar-refractivity contribution is -0.118. The molecule has 0 radical (unpaired) electrons. The van der Waals surface area contributed by atoms with E-state index in [0.29, 0.717) is 18.2 Å². The van der Waals surface area contributed by atoms with Gasteiger partial charge in [-0.1, -0.05) is 0 Å². The van der Waals surface area contributed by atoms with Crippen LogP contribution in [0.2, 0.25) is 0 Å². The first-order valence-corrected chi connectivity index (χ1v) is 8.46. The molecule has 4 rings (SSSR count). The lowest BCUT2D eigenvalue weighted by Gasteiger charge is -2.32. The first-order chi connectivity index (χ1) is 14.0. The van der Waals surface area contributed by atoms with Crippen LogP contribution < -0.4 is 0 Å². The molecule has 0 amide bonds. The topological polar surface area (TPSA) is 190 Å². The molecule has 0 spiro atoms. The quantitative estimate of drug-likeness (QED) is 0.358. The van der Waals surface area contributed by atoms with Gasteiger partial charge in [0.2, 0.25) is 11.6 Å². The van der Waals surface area contributed by atoms with Gasteiger partial charge < -0.3 is 30.6 Å². The summed E-state index contributed by atoms with van der Waals surface area (Å²) in [4.78, 5) is 49.7. The molecular formula is C20H12O10. The van der Waals surface area contributed by atoms with Gasteiger partial charge in [0.1, 0.15) is 17.3 Å². The molecule has 1 aromatic carbocycles. The summed E-state index contributed by atoms with van der Waals surface area (Å²) < 4.78 is 0. The van der Waals surface area contributed by atoms with Gasteiger partial charge in [-0.3, -0.25) is 19.2 Å². The molecule has 0 fully saturated rings. The number of carbonyl (C=O) groups excluding carboxylic acids is 4. The molecule has 0 heterocycles. The number of phenolic OH excluding ortho intramolecular Hbond substituents is 2. The zero-order valence-electron chi connectivity index (χ0n) is 14.8. The summed E-state index contributed by atoms with van der Waals surface area (Å²) in [6.45, 7) is 0. The number of aliphatic hydroxyl groups excluding tert-OH is 4. The van der Waals surface area contributed by atoms with Crippen molar-refractivity contribution in [2.45, 2.75) is 12.0 Å². The number of rotatable bonds is 1. The van der Waals surface area contributed by atoms with Crippen LogP contribution in [0.25, 0.3) is 0 Å². The zero-order chi connectivity index (χ0) is 22.1. The first-order valence-electron chi connectivity index (χ1n) is 8.46. The molecule has 3 aliphatic rings. The van der Waals surface area contributed by atoms with E-state index >= 15 is 0 Å². The molecule has 2 atom stereocenters. The normalized spacial score (nSPS) is 23.6. The highest BCUT2D eigenvalue weighted by molar-refractivity contribution is 6.27. The Kier molecular flexibility index (Phi) is 3.93. The average Bonchev–Trinajstić information content (AvgIpc) is 2.64. The highest BCUT2D eigenvalue weighted by Gasteiger charge is 2.45. The molecule has 1 aromatic rings. The zero-order valence-corrected chi connectivity index (χ0v) is 14.8. The van der Waals surface area contributed by atoms with E-state index in [2.05, 4.69) is 0 Å². The minimum absolute atomic E-state index is 0.468. The van der Waals surface area contributed by atoms with Crippen LogP contribution in [0.15, 0.2) is 52.7 Å². The maximum atomic E-state index is 12.6. The van der Waals surface area contributed by atoms with Gasteiger partial charge in [-0.05, 0) is 6.08 Å². The van der Waals surface area contributed by atoms with Gasteiger partial charge in [0.05, 0.1) is 17.2 Å². The number of carbonyl (C=O) groups is 4. The molecule has 10 heteroatoms. The van der Waals surface area contributed by atoms with E-state index in [-0.39, 0.29) is 0 Å². The third-order valence-corrected chi connectivity index (χ3v) is 5.11. The number of phenols is 2. The molecule has 1 unspecified atom stereocenters. The minimum atomic E-state index is -1.74. The van der Waals surface area contributed by atoms with E-state index in [1.165, 1.54) is 0 Å². The fourth-order valence-corrected chi connectivity index (χ4v) is 3.89. The average molecular weight is 412 g/mol. The Morgan fingerprint density at radius 1 is 0.700 bits per heavy atom. The monoisotopic (exact) mass is 412 g/mol. The van der Waals surface area contributed by atoms with Crippen molar-refractivity contribution in [2.75, 3.05) is 0 Å². The van der Waals surface area contributed by atoms with Gasteiger partial charge in [0.15, 0.2) is 23.1 Å². The SMILES string of the molecule is O=C1C=C(O)C(=O)C2=C1[C@@H](c1c(O)cc(O)c3c1C(=O)C=C(O)C3=O)C(O)C=C2O. The minimum Gasteiger partial charge on any atom is -0.507 e. The maximum Gasteiger partial charge on any atom is 0.231 e. The van der Waals surface area contributed by atoms with Crippen molar-refractivity contribution in [3.63, 3.8) is 0 Å². The second kappa shape index (κ2) is 6.16. The van der Waals surface area contributed by atoms with Crippen LogP contribution in [0, 0.1) is 0 Å². The summed E-state index contributed by atoms with van der Waals surface area (Å²) in [6, 6.07) is 0.686. The Bertz CT molecular complexity index is 1220. The number of hydrogen-bond acceptors (Lipinski definition) is 10. The van der Waals surface area contributed by atoms with Crippen molar-refractivity contribution < 1.29 is 49.8 Å². The van der Waals surface area contributed by atoms with E-state index in [4.69, 9.17) is 0 Å². The first kappa shape index (κ1) is 19.2. The van der Waals surface area contributed by atoms with E-state index in [9.17, 15) is 49.8 Å². The van der Waals surface area contributed by atoms with Gasteiger partial charge in [-0.15, -0.1) is 0 Å². The number of aromatic hydroxyl groups is 2. The lowest BCUT2D eigenvalue weighted by atomic mass is 9.71. The van der Waals surface area contributed by atoms with Crippen molar-refractivity contribution in [1.29, 1.82) is 0 Å². The summed E-state index contributed by atoms with van der Waals surface area (Å²) in [5.74, 6) is -10.2. The summed E-state index contributed by atoms with van der Waals surface area (Å²) in [7, 11) is 0. The predicted molar refractivity (Wildman–Crippen MR) is 96.4 cm³/mol. The smallest absolute Gasteiger partial charge is 0.231 e. The highest BCUT2D eigenvalue weighted by atomic mass is 16.3. The molecule has 6 N–H and O–H groups in total.